The van der Waals surface area contributed by atoms with E-state index in [4.69, 9.17) is 11.6 Å². The number of hydrogen-bond acceptors (Lipinski definition) is 3. The minimum Gasteiger partial charge on any atom is -0.292 e. The number of hydrogen-bond donors (Lipinski definition) is 0. The molecule has 2 aromatic rings. The molecule has 2 nitrogen and oxygen atoms in total. The molecule has 0 bridgehead atoms. The van der Waals surface area contributed by atoms with E-state index in [1.54, 1.807) is 0 Å². The third kappa shape index (κ3) is 3.92. The fourth-order valence-corrected chi connectivity index (χ4v) is 3.34. The second kappa shape index (κ2) is 6.85. The fourth-order valence-electron chi connectivity index (χ4n) is 1.90. The highest BCUT2D eigenvalue weighted by molar-refractivity contribution is 9.11. The predicted molar refractivity (Wildman–Crippen MR) is 88.8 cm³/mol. The highest BCUT2D eigenvalue weighted by atomic mass is 79.9. The van der Waals surface area contributed by atoms with Crippen molar-refractivity contribution >= 4 is 44.7 Å². The van der Waals surface area contributed by atoms with Gasteiger partial charge >= 0.3 is 0 Å². The maximum Gasteiger partial charge on any atom is 0.186 e. The summed E-state index contributed by atoms with van der Waals surface area (Å²) in [6.45, 7) is 2.48. The summed E-state index contributed by atoms with van der Waals surface area (Å²) in [4.78, 5) is 15.0. The minimum absolute atomic E-state index is 0.143. The lowest BCUT2D eigenvalue weighted by atomic mass is 10.1. The summed E-state index contributed by atoms with van der Waals surface area (Å²) in [5.41, 5.74) is 1.15. The van der Waals surface area contributed by atoms with Crippen LogP contribution in [0, 0.1) is 0 Å². The largest absolute Gasteiger partial charge is 0.292 e. The quantitative estimate of drug-likeness (QED) is 0.685. The van der Waals surface area contributed by atoms with Crippen LogP contribution in [0.25, 0.3) is 0 Å². The van der Waals surface area contributed by atoms with Gasteiger partial charge in [-0.1, -0.05) is 23.7 Å². The summed E-state index contributed by atoms with van der Waals surface area (Å²) in [5.74, 6) is 0.143. The molecule has 0 amide bonds. The molecule has 0 aliphatic rings. The zero-order valence-corrected chi connectivity index (χ0v) is 14.4. The van der Waals surface area contributed by atoms with Crippen molar-refractivity contribution in [3.63, 3.8) is 0 Å². The van der Waals surface area contributed by atoms with Crippen LogP contribution in [0.3, 0.4) is 0 Å². The van der Waals surface area contributed by atoms with E-state index >= 15 is 0 Å². The number of thiophene rings is 1. The zero-order chi connectivity index (χ0) is 14.7. The Morgan fingerprint density at radius 1 is 1.30 bits per heavy atom. The number of nitrogens with zero attached hydrogens (tertiary/aromatic N) is 1. The number of rotatable bonds is 5. The van der Waals surface area contributed by atoms with Gasteiger partial charge in [0, 0.05) is 11.1 Å². The normalized spacial score (nSPS) is 12.7. The number of Topliss-reactive ketones (excluding diaryl/α,β-unsaturated/α-hetero) is 1. The van der Waals surface area contributed by atoms with Gasteiger partial charge in [-0.3, -0.25) is 9.69 Å². The van der Waals surface area contributed by atoms with Crippen LogP contribution in [0.2, 0.25) is 5.02 Å². The van der Waals surface area contributed by atoms with Gasteiger partial charge in [-0.15, -0.1) is 11.3 Å². The van der Waals surface area contributed by atoms with Crippen molar-refractivity contribution < 1.29 is 4.79 Å². The summed E-state index contributed by atoms with van der Waals surface area (Å²) < 4.78 is 0.981. The van der Waals surface area contributed by atoms with E-state index in [9.17, 15) is 4.79 Å². The van der Waals surface area contributed by atoms with Gasteiger partial charge in [0.05, 0.1) is 15.2 Å². The van der Waals surface area contributed by atoms with E-state index < -0.39 is 0 Å². The summed E-state index contributed by atoms with van der Waals surface area (Å²) in [5, 5.41) is 0.725. The third-order valence-electron chi connectivity index (χ3n) is 3.25. The Kier molecular flexibility index (Phi) is 5.38. The Morgan fingerprint density at radius 2 is 1.95 bits per heavy atom. The van der Waals surface area contributed by atoms with Crippen molar-refractivity contribution in [2.75, 3.05) is 13.6 Å². The topological polar surface area (TPSA) is 20.3 Å². The van der Waals surface area contributed by atoms with Crippen LogP contribution >= 0.6 is 38.9 Å². The first-order valence-electron chi connectivity index (χ1n) is 6.21. The number of carbonyl (C=O) groups excluding carboxylic acids is 1. The van der Waals surface area contributed by atoms with Crippen molar-refractivity contribution in [1.29, 1.82) is 0 Å². The highest BCUT2D eigenvalue weighted by Crippen LogP contribution is 2.24. The van der Waals surface area contributed by atoms with E-state index in [0.717, 1.165) is 19.2 Å². The number of ketones is 1. The minimum atomic E-state index is 0.143. The van der Waals surface area contributed by atoms with Gasteiger partial charge in [-0.05, 0) is 59.7 Å². The molecule has 20 heavy (non-hydrogen) atoms. The van der Waals surface area contributed by atoms with E-state index in [1.807, 2.05) is 48.3 Å². The van der Waals surface area contributed by atoms with Crippen molar-refractivity contribution in [2.45, 2.75) is 13.0 Å². The van der Waals surface area contributed by atoms with Crippen LogP contribution < -0.4 is 0 Å². The molecule has 0 radical (unpaired) electrons. The average Bonchev–Trinajstić information content (AvgIpc) is 2.85. The molecule has 106 valence electrons. The summed E-state index contributed by atoms with van der Waals surface area (Å²) in [6, 6.07) is 11.7. The number of benzene rings is 1. The van der Waals surface area contributed by atoms with Crippen molar-refractivity contribution in [2.24, 2.45) is 0 Å². The summed E-state index contributed by atoms with van der Waals surface area (Å²) in [7, 11) is 1.96. The molecule has 0 spiro atoms. The Morgan fingerprint density at radius 3 is 2.50 bits per heavy atom. The molecule has 1 aromatic carbocycles. The van der Waals surface area contributed by atoms with Crippen LogP contribution in [0.15, 0.2) is 40.2 Å². The number of halogens is 2. The monoisotopic (exact) mass is 371 g/mol. The zero-order valence-electron chi connectivity index (χ0n) is 11.3. The molecule has 0 N–H and O–H groups in total. The van der Waals surface area contributed by atoms with Gasteiger partial charge in [0.15, 0.2) is 5.78 Å². The Bertz CT molecular complexity index is 596. The molecule has 0 saturated carbocycles. The molecule has 0 aliphatic heterocycles. The standard InChI is InChI=1S/C15H15BrClNOS/c1-10(11-3-5-12(17)6-4-11)18(2)9-13(19)14-7-8-15(16)20-14/h3-8,10H,9H2,1-2H3. The SMILES string of the molecule is CC(c1ccc(Cl)cc1)N(C)CC(=O)c1ccc(Br)s1. The first-order chi connectivity index (χ1) is 9.47. The van der Waals surface area contributed by atoms with Crippen LogP contribution in [0.5, 0.6) is 0 Å². The molecule has 1 atom stereocenters. The molecule has 0 fully saturated rings. The van der Waals surface area contributed by atoms with Gasteiger partial charge in [-0.25, -0.2) is 0 Å². The number of likely N-dealkylation sites (N-methyl/N-ethyl adjacent to an activating group) is 1. The van der Waals surface area contributed by atoms with E-state index in [2.05, 4.69) is 22.9 Å². The first-order valence-corrected chi connectivity index (χ1v) is 8.20. The molecular weight excluding hydrogens is 358 g/mol. The third-order valence-corrected chi connectivity index (χ3v) is 5.17. The summed E-state index contributed by atoms with van der Waals surface area (Å²) in [6.07, 6.45) is 0. The Hall–Kier alpha value is -0.680. The first kappa shape index (κ1) is 15.7. The smallest absolute Gasteiger partial charge is 0.186 e. The fraction of sp³-hybridized carbons (Fsp3) is 0.267. The van der Waals surface area contributed by atoms with E-state index in [1.165, 1.54) is 11.3 Å². The molecule has 1 heterocycles. The van der Waals surface area contributed by atoms with Gasteiger partial charge in [0.2, 0.25) is 0 Å². The average molecular weight is 373 g/mol. The van der Waals surface area contributed by atoms with Crippen molar-refractivity contribution in [3.8, 4) is 0 Å². The van der Waals surface area contributed by atoms with Gasteiger partial charge in [0.25, 0.3) is 0 Å². The van der Waals surface area contributed by atoms with Crippen LogP contribution in [0.1, 0.15) is 28.2 Å². The molecule has 1 unspecified atom stereocenters. The Balaban J connectivity index is 2.02. The molecule has 1 aromatic heterocycles. The van der Waals surface area contributed by atoms with Crippen molar-refractivity contribution in [1.82, 2.24) is 4.90 Å². The van der Waals surface area contributed by atoms with Crippen LogP contribution in [-0.4, -0.2) is 24.3 Å². The molecule has 5 heteroatoms. The van der Waals surface area contributed by atoms with Crippen LogP contribution in [0.4, 0.5) is 0 Å². The van der Waals surface area contributed by atoms with Gasteiger partial charge in [0.1, 0.15) is 0 Å². The predicted octanol–water partition coefficient (Wildman–Crippen LogP) is 5.04. The number of carbonyl (C=O) groups is 1. The van der Waals surface area contributed by atoms with E-state index in [0.29, 0.717) is 6.54 Å². The molecule has 0 saturated heterocycles. The lowest BCUT2D eigenvalue weighted by molar-refractivity contribution is 0.0929. The van der Waals surface area contributed by atoms with E-state index in [-0.39, 0.29) is 11.8 Å². The second-order valence-electron chi connectivity index (χ2n) is 4.67. The van der Waals surface area contributed by atoms with Crippen molar-refractivity contribution in [3.05, 3.63) is 55.6 Å². The Labute approximate surface area is 136 Å². The highest BCUT2D eigenvalue weighted by Gasteiger charge is 2.17. The molecule has 2 rings (SSSR count). The lowest BCUT2D eigenvalue weighted by Gasteiger charge is -2.24. The van der Waals surface area contributed by atoms with Crippen LogP contribution in [-0.2, 0) is 0 Å². The maximum absolute atomic E-state index is 12.2. The van der Waals surface area contributed by atoms with Gasteiger partial charge < -0.3 is 0 Å². The van der Waals surface area contributed by atoms with Gasteiger partial charge in [-0.2, -0.15) is 0 Å². The summed E-state index contributed by atoms with van der Waals surface area (Å²) >= 11 is 10.7. The molecular formula is C15H15BrClNOS. The molecule has 0 aliphatic carbocycles. The lowest BCUT2D eigenvalue weighted by Crippen LogP contribution is -2.28. The second-order valence-corrected chi connectivity index (χ2v) is 7.57. The maximum atomic E-state index is 12.2.